The molecule has 0 bridgehead atoms. The highest BCUT2D eigenvalue weighted by Crippen LogP contribution is 2.26. The lowest BCUT2D eigenvalue weighted by molar-refractivity contribution is -0.140. The minimum absolute atomic E-state index is 0.0115. The third kappa shape index (κ3) is 8.29. The molecule has 1 N–H and O–H groups in total. The summed E-state index contributed by atoms with van der Waals surface area (Å²) < 4.78 is 42.8. The van der Waals surface area contributed by atoms with E-state index >= 15 is 0 Å². The third-order valence-electron chi connectivity index (χ3n) is 7.96. The summed E-state index contributed by atoms with van der Waals surface area (Å²) in [6, 6.07) is 28.1. The van der Waals surface area contributed by atoms with E-state index in [4.69, 9.17) is 11.6 Å². The first-order valence-corrected chi connectivity index (χ1v) is 16.7. The predicted octanol–water partition coefficient (Wildman–Crippen LogP) is 6.37. The number of carbonyl (C=O) groups is 2. The molecule has 0 aliphatic heterocycles. The van der Waals surface area contributed by atoms with Crippen LogP contribution < -0.4 is 9.62 Å². The Bertz CT molecular complexity index is 1680. The standard InChI is InChI=1S/C35H35ClFN3O4S/c36-28-17-15-27(16-18-28)24-39(33(23-26-9-3-1-4-10-26)35(42)38-30-11-7-8-12-30)34(41)25-40(31-21-19-29(37)20-22-31)45(43,44)32-13-5-2-6-14-32/h1-6,9-10,13-22,30,33H,7-8,11-12,23-25H2,(H,38,42). The van der Waals surface area contributed by atoms with Crippen molar-refractivity contribution in [2.45, 2.75) is 55.6 Å². The van der Waals surface area contributed by atoms with Crippen LogP contribution in [0.4, 0.5) is 10.1 Å². The molecule has 0 radical (unpaired) electrons. The number of hydrogen-bond acceptors (Lipinski definition) is 4. The zero-order valence-corrected chi connectivity index (χ0v) is 26.3. The van der Waals surface area contributed by atoms with Crippen molar-refractivity contribution in [2.24, 2.45) is 0 Å². The molecule has 234 valence electrons. The molecular formula is C35H35ClFN3O4S. The fourth-order valence-corrected chi connectivity index (χ4v) is 7.12. The van der Waals surface area contributed by atoms with E-state index in [2.05, 4.69) is 5.32 Å². The van der Waals surface area contributed by atoms with Crippen molar-refractivity contribution >= 4 is 39.1 Å². The number of amides is 2. The van der Waals surface area contributed by atoms with Gasteiger partial charge in [-0.25, -0.2) is 12.8 Å². The molecule has 0 aromatic heterocycles. The average Bonchev–Trinajstić information content (AvgIpc) is 3.57. The van der Waals surface area contributed by atoms with Gasteiger partial charge in [0.2, 0.25) is 11.8 Å². The zero-order valence-electron chi connectivity index (χ0n) is 24.7. The number of anilines is 1. The van der Waals surface area contributed by atoms with Gasteiger partial charge in [-0.15, -0.1) is 0 Å². The molecule has 1 fully saturated rings. The molecular weight excluding hydrogens is 613 g/mol. The highest BCUT2D eigenvalue weighted by Gasteiger charge is 2.35. The van der Waals surface area contributed by atoms with Gasteiger partial charge in [0.15, 0.2) is 0 Å². The van der Waals surface area contributed by atoms with Crippen LogP contribution in [-0.2, 0) is 32.6 Å². The number of sulfonamides is 1. The van der Waals surface area contributed by atoms with Crippen LogP contribution in [0.1, 0.15) is 36.8 Å². The van der Waals surface area contributed by atoms with E-state index in [0.717, 1.165) is 53.2 Å². The summed E-state index contributed by atoms with van der Waals surface area (Å²) in [5, 5.41) is 3.67. The second-order valence-electron chi connectivity index (χ2n) is 11.1. The number of nitrogens with zero attached hydrogens (tertiary/aromatic N) is 2. The van der Waals surface area contributed by atoms with Gasteiger partial charge in [0.25, 0.3) is 10.0 Å². The van der Waals surface area contributed by atoms with Gasteiger partial charge in [0.1, 0.15) is 18.4 Å². The molecule has 4 aromatic carbocycles. The number of carbonyl (C=O) groups excluding carboxylic acids is 2. The Hall–Kier alpha value is -4.21. The summed E-state index contributed by atoms with van der Waals surface area (Å²) >= 11 is 6.14. The SMILES string of the molecule is O=C(NC1CCCC1)C(Cc1ccccc1)N(Cc1ccc(Cl)cc1)C(=O)CN(c1ccc(F)cc1)S(=O)(=O)c1ccccc1. The van der Waals surface area contributed by atoms with Crippen LogP contribution in [0.3, 0.4) is 0 Å². The monoisotopic (exact) mass is 647 g/mol. The maximum absolute atomic E-state index is 14.5. The summed E-state index contributed by atoms with van der Waals surface area (Å²) in [6.45, 7) is -0.577. The molecule has 4 aromatic rings. The second-order valence-corrected chi connectivity index (χ2v) is 13.4. The van der Waals surface area contributed by atoms with Crippen molar-refractivity contribution in [1.82, 2.24) is 10.2 Å². The molecule has 7 nitrogen and oxygen atoms in total. The van der Waals surface area contributed by atoms with Gasteiger partial charge in [-0.3, -0.25) is 13.9 Å². The van der Waals surface area contributed by atoms with Crippen LogP contribution in [0.25, 0.3) is 0 Å². The Labute approximate surface area is 268 Å². The van der Waals surface area contributed by atoms with Crippen molar-refractivity contribution in [3.05, 3.63) is 131 Å². The quantitative estimate of drug-likeness (QED) is 0.194. The van der Waals surface area contributed by atoms with Gasteiger partial charge >= 0.3 is 0 Å². The van der Waals surface area contributed by atoms with Gasteiger partial charge < -0.3 is 10.2 Å². The summed E-state index contributed by atoms with van der Waals surface area (Å²) in [5.74, 6) is -1.43. The van der Waals surface area contributed by atoms with Crippen molar-refractivity contribution in [3.63, 3.8) is 0 Å². The molecule has 1 unspecified atom stereocenters. The fraction of sp³-hybridized carbons (Fsp3) is 0.257. The lowest BCUT2D eigenvalue weighted by Crippen LogP contribution is -2.54. The number of halogens is 2. The van der Waals surface area contributed by atoms with Crippen LogP contribution in [0.15, 0.2) is 114 Å². The first-order valence-electron chi connectivity index (χ1n) is 14.9. The van der Waals surface area contributed by atoms with E-state index in [1.165, 1.54) is 29.2 Å². The number of benzene rings is 4. The molecule has 0 spiro atoms. The van der Waals surface area contributed by atoms with E-state index in [-0.39, 0.29) is 35.5 Å². The number of rotatable bonds is 12. The fourth-order valence-electron chi connectivity index (χ4n) is 5.56. The summed E-state index contributed by atoms with van der Waals surface area (Å²) in [7, 11) is -4.25. The predicted molar refractivity (Wildman–Crippen MR) is 174 cm³/mol. The Morgan fingerprint density at radius 3 is 2.04 bits per heavy atom. The van der Waals surface area contributed by atoms with Gasteiger partial charge in [0.05, 0.1) is 10.6 Å². The van der Waals surface area contributed by atoms with E-state index in [9.17, 15) is 22.4 Å². The zero-order chi connectivity index (χ0) is 31.8. The van der Waals surface area contributed by atoms with Crippen molar-refractivity contribution in [2.75, 3.05) is 10.8 Å². The molecule has 1 saturated carbocycles. The molecule has 1 aliphatic carbocycles. The largest absolute Gasteiger partial charge is 0.352 e. The Morgan fingerprint density at radius 2 is 1.42 bits per heavy atom. The van der Waals surface area contributed by atoms with Crippen LogP contribution in [0, 0.1) is 5.82 Å². The molecule has 2 amide bonds. The first kappa shape index (κ1) is 32.2. The Balaban J connectivity index is 1.55. The van der Waals surface area contributed by atoms with Crippen LogP contribution >= 0.6 is 11.6 Å². The van der Waals surface area contributed by atoms with Crippen LogP contribution in [0.5, 0.6) is 0 Å². The Kier molecular flexibility index (Phi) is 10.5. The van der Waals surface area contributed by atoms with Crippen LogP contribution in [-0.4, -0.2) is 43.8 Å². The number of nitrogens with one attached hydrogen (secondary N) is 1. The van der Waals surface area contributed by atoms with Gasteiger partial charge in [0, 0.05) is 24.0 Å². The lowest BCUT2D eigenvalue weighted by Gasteiger charge is -2.34. The van der Waals surface area contributed by atoms with E-state index in [0.29, 0.717) is 5.02 Å². The van der Waals surface area contributed by atoms with Gasteiger partial charge in [-0.2, -0.15) is 0 Å². The van der Waals surface area contributed by atoms with Gasteiger partial charge in [-0.1, -0.05) is 85.1 Å². The summed E-state index contributed by atoms with van der Waals surface area (Å²) in [6.07, 6.45) is 3.99. The highest BCUT2D eigenvalue weighted by atomic mass is 35.5. The minimum Gasteiger partial charge on any atom is -0.352 e. The van der Waals surface area contributed by atoms with Crippen molar-refractivity contribution in [3.8, 4) is 0 Å². The van der Waals surface area contributed by atoms with E-state index in [1.807, 2.05) is 30.3 Å². The molecule has 5 rings (SSSR count). The van der Waals surface area contributed by atoms with Crippen molar-refractivity contribution < 1.29 is 22.4 Å². The summed E-state index contributed by atoms with van der Waals surface area (Å²) in [5.41, 5.74) is 1.69. The minimum atomic E-state index is -4.25. The second kappa shape index (κ2) is 14.7. The van der Waals surface area contributed by atoms with Gasteiger partial charge in [-0.05, 0) is 72.5 Å². The van der Waals surface area contributed by atoms with Crippen molar-refractivity contribution in [1.29, 1.82) is 0 Å². The first-order chi connectivity index (χ1) is 21.7. The number of hydrogen-bond donors (Lipinski definition) is 1. The maximum atomic E-state index is 14.5. The average molecular weight is 648 g/mol. The maximum Gasteiger partial charge on any atom is 0.264 e. The third-order valence-corrected chi connectivity index (χ3v) is 10.0. The lowest BCUT2D eigenvalue weighted by atomic mass is 10.0. The smallest absolute Gasteiger partial charge is 0.264 e. The normalized spacial score (nSPS) is 14.1. The highest BCUT2D eigenvalue weighted by molar-refractivity contribution is 7.92. The molecule has 0 saturated heterocycles. The topological polar surface area (TPSA) is 86.8 Å². The molecule has 0 heterocycles. The van der Waals surface area contributed by atoms with E-state index in [1.54, 1.807) is 42.5 Å². The van der Waals surface area contributed by atoms with Crippen LogP contribution in [0.2, 0.25) is 5.02 Å². The molecule has 10 heteroatoms. The Morgan fingerprint density at radius 1 is 0.822 bits per heavy atom. The molecule has 1 atom stereocenters. The van der Waals surface area contributed by atoms with E-state index < -0.39 is 34.3 Å². The molecule has 45 heavy (non-hydrogen) atoms. The molecule has 1 aliphatic rings. The summed E-state index contributed by atoms with van der Waals surface area (Å²) in [4.78, 5) is 29.9.